The molecular weight excluding hydrogens is 304 g/mol. The lowest BCUT2D eigenvalue weighted by Crippen LogP contribution is -2.34. The fourth-order valence-corrected chi connectivity index (χ4v) is 3.05. The maximum Gasteiger partial charge on any atom is 0.231 e. The van der Waals surface area contributed by atoms with Gasteiger partial charge in [0.25, 0.3) is 0 Å². The molecule has 0 spiro atoms. The predicted molar refractivity (Wildman–Crippen MR) is 90.8 cm³/mol. The van der Waals surface area contributed by atoms with Crippen molar-refractivity contribution < 1.29 is 9.53 Å². The molecule has 1 amide bonds. The zero-order chi connectivity index (χ0) is 17.1. The quantitative estimate of drug-likeness (QED) is 0.913. The Morgan fingerprint density at radius 1 is 1.33 bits per heavy atom. The molecule has 2 aromatic rings. The SMILES string of the molecule is Cc1cc(Oc2ccccc2C)nc(C2CCCN2CC(N)=O)n1. The third-order valence-electron chi connectivity index (χ3n) is 4.18. The molecule has 2 heterocycles. The smallest absolute Gasteiger partial charge is 0.231 e. The number of ether oxygens (including phenoxy) is 1. The second-order valence-corrected chi connectivity index (χ2v) is 6.17. The van der Waals surface area contributed by atoms with Crippen molar-refractivity contribution in [3.63, 3.8) is 0 Å². The fourth-order valence-electron chi connectivity index (χ4n) is 3.05. The van der Waals surface area contributed by atoms with E-state index in [1.54, 1.807) is 0 Å². The first kappa shape index (κ1) is 16.4. The van der Waals surface area contributed by atoms with E-state index in [-0.39, 0.29) is 18.5 Å². The molecule has 1 aromatic carbocycles. The van der Waals surface area contributed by atoms with Gasteiger partial charge in [-0.2, -0.15) is 4.98 Å². The molecule has 126 valence electrons. The monoisotopic (exact) mass is 326 g/mol. The minimum absolute atomic E-state index is 0.0108. The van der Waals surface area contributed by atoms with Crippen molar-refractivity contribution in [1.29, 1.82) is 0 Å². The Morgan fingerprint density at radius 3 is 2.88 bits per heavy atom. The molecule has 24 heavy (non-hydrogen) atoms. The van der Waals surface area contributed by atoms with Gasteiger partial charge in [0.2, 0.25) is 11.8 Å². The van der Waals surface area contributed by atoms with E-state index in [9.17, 15) is 4.79 Å². The predicted octanol–water partition coefficient (Wildman–Crippen LogP) is 2.51. The Hall–Kier alpha value is -2.47. The summed E-state index contributed by atoms with van der Waals surface area (Å²) in [6.45, 7) is 4.98. The first-order chi connectivity index (χ1) is 11.5. The Morgan fingerprint density at radius 2 is 2.12 bits per heavy atom. The summed E-state index contributed by atoms with van der Waals surface area (Å²) in [7, 11) is 0. The zero-order valence-electron chi connectivity index (χ0n) is 14.0. The highest BCUT2D eigenvalue weighted by Gasteiger charge is 2.29. The molecule has 2 N–H and O–H groups in total. The molecule has 0 radical (unpaired) electrons. The summed E-state index contributed by atoms with van der Waals surface area (Å²) < 4.78 is 5.95. The second-order valence-electron chi connectivity index (χ2n) is 6.17. The first-order valence-electron chi connectivity index (χ1n) is 8.14. The maximum atomic E-state index is 11.3. The van der Waals surface area contributed by atoms with Gasteiger partial charge in [0.1, 0.15) is 11.6 Å². The van der Waals surface area contributed by atoms with Gasteiger partial charge in [0, 0.05) is 11.8 Å². The van der Waals surface area contributed by atoms with Crippen LogP contribution in [-0.4, -0.2) is 33.9 Å². The van der Waals surface area contributed by atoms with Crippen molar-refractivity contribution in [2.75, 3.05) is 13.1 Å². The number of benzene rings is 1. The van der Waals surface area contributed by atoms with Crippen LogP contribution in [0.15, 0.2) is 30.3 Å². The van der Waals surface area contributed by atoms with Crippen LogP contribution in [0, 0.1) is 13.8 Å². The van der Waals surface area contributed by atoms with E-state index in [1.165, 1.54) is 0 Å². The summed E-state index contributed by atoms with van der Waals surface area (Å²) >= 11 is 0. The molecule has 1 aliphatic rings. The molecule has 1 aliphatic heterocycles. The van der Waals surface area contributed by atoms with Gasteiger partial charge >= 0.3 is 0 Å². The van der Waals surface area contributed by atoms with Crippen molar-refractivity contribution in [1.82, 2.24) is 14.9 Å². The number of nitrogens with zero attached hydrogens (tertiary/aromatic N) is 3. The van der Waals surface area contributed by atoms with Crippen LogP contribution in [-0.2, 0) is 4.79 Å². The number of nitrogens with two attached hydrogens (primary N) is 1. The van der Waals surface area contributed by atoms with Crippen molar-refractivity contribution in [2.45, 2.75) is 32.7 Å². The molecule has 0 saturated carbocycles. The van der Waals surface area contributed by atoms with E-state index in [2.05, 4.69) is 9.97 Å². The van der Waals surface area contributed by atoms with Crippen LogP contribution in [0.4, 0.5) is 0 Å². The average molecular weight is 326 g/mol. The van der Waals surface area contributed by atoms with Crippen LogP contribution < -0.4 is 10.5 Å². The topological polar surface area (TPSA) is 81.3 Å². The molecule has 1 unspecified atom stereocenters. The van der Waals surface area contributed by atoms with Gasteiger partial charge in [-0.05, 0) is 44.9 Å². The number of para-hydroxylation sites is 1. The Labute approximate surface area is 141 Å². The molecule has 0 bridgehead atoms. The number of amides is 1. The summed E-state index contributed by atoms with van der Waals surface area (Å²) in [6, 6.07) is 9.65. The summed E-state index contributed by atoms with van der Waals surface area (Å²) in [4.78, 5) is 22.4. The molecule has 1 saturated heterocycles. The second kappa shape index (κ2) is 6.97. The normalized spacial score (nSPS) is 17.8. The molecule has 1 atom stereocenters. The summed E-state index contributed by atoms with van der Waals surface area (Å²) in [5, 5.41) is 0. The number of aromatic nitrogens is 2. The molecular formula is C18H22N4O2. The molecule has 3 rings (SSSR count). The number of carbonyl (C=O) groups is 1. The number of hydrogen-bond donors (Lipinski definition) is 1. The van der Waals surface area contributed by atoms with E-state index in [1.807, 2.05) is 49.1 Å². The van der Waals surface area contributed by atoms with Gasteiger partial charge in [-0.15, -0.1) is 0 Å². The van der Waals surface area contributed by atoms with Gasteiger partial charge in [-0.25, -0.2) is 4.98 Å². The molecule has 1 fully saturated rings. The lowest BCUT2D eigenvalue weighted by Gasteiger charge is -2.22. The highest BCUT2D eigenvalue weighted by molar-refractivity contribution is 5.76. The summed E-state index contributed by atoms with van der Waals surface area (Å²) in [5.74, 6) is 1.67. The molecule has 1 aromatic heterocycles. The minimum atomic E-state index is -0.328. The third kappa shape index (κ3) is 3.71. The van der Waals surface area contributed by atoms with Gasteiger partial charge in [-0.1, -0.05) is 18.2 Å². The number of carbonyl (C=O) groups excluding carboxylic acids is 1. The Kier molecular flexibility index (Phi) is 4.76. The third-order valence-corrected chi connectivity index (χ3v) is 4.18. The summed E-state index contributed by atoms with van der Waals surface area (Å²) in [5.41, 5.74) is 7.23. The number of rotatable bonds is 5. The highest BCUT2D eigenvalue weighted by atomic mass is 16.5. The van der Waals surface area contributed by atoms with E-state index >= 15 is 0 Å². The standard InChI is InChI=1S/C18H22N4O2/c1-12-6-3-4-8-15(12)24-17-10-13(2)20-18(21-17)14-7-5-9-22(14)11-16(19)23/h3-4,6,8,10,14H,5,7,9,11H2,1-2H3,(H2,19,23). The number of aryl methyl sites for hydroxylation is 2. The number of likely N-dealkylation sites (tertiary alicyclic amines) is 1. The van der Waals surface area contributed by atoms with Crippen LogP contribution in [0.1, 0.15) is 36.0 Å². The van der Waals surface area contributed by atoms with Gasteiger partial charge in [0.05, 0.1) is 12.6 Å². The van der Waals surface area contributed by atoms with Crippen molar-refractivity contribution in [2.24, 2.45) is 5.73 Å². The lowest BCUT2D eigenvalue weighted by molar-refractivity contribution is -0.119. The Balaban J connectivity index is 1.86. The van der Waals surface area contributed by atoms with E-state index < -0.39 is 0 Å². The number of primary amides is 1. The van der Waals surface area contributed by atoms with Gasteiger partial charge < -0.3 is 10.5 Å². The largest absolute Gasteiger partial charge is 0.439 e. The Bertz CT molecular complexity index is 748. The van der Waals surface area contributed by atoms with Crippen LogP contribution in [0.3, 0.4) is 0 Å². The first-order valence-corrected chi connectivity index (χ1v) is 8.14. The van der Waals surface area contributed by atoms with E-state index in [4.69, 9.17) is 10.5 Å². The van der Waals surface area contributed by atoms with Gasteiger partial charge in [-0.3, -0.25) is 9.69 Å². The summed E-state index contributed by atoms with van der Waals surface area (Å²) in [6.07, 6.45) is 1.92. The molecule has 0 aliphatic carbocycles. The number of hydrogen-bond acceptors (Lipinski definition) is 5. The zero-order valence-corrected chi connectivity index (χ0v) is 14.0. The lowest BCUT2D eigenvalue weighted by atomic mass is 10.2. The fraction of sp³-hybridized carbons (Fsp3) is 0.389. The van der Waals surface area contributed by atoms with Crippen LogP contribution in [0.25, 0.3) is 0 Å². The minimum Gasteiger partial charge on any atom is -0.439 e. The van der Waals surface area contributed by atoms with Gasteiger partial charge in [0.15, 0.2) is 0 Å². The van der Waals surface area contributed by atoms with Crippen molar-refractivity contribution >= 4 is 5.91 Å². The van der Waals surface area contributed by atoms with Crippen molar-refractivity contribution in [3.05, 3.63) is 47.4 Å². The van der Waals surface area contributed by atoms with Crippen LogP contribution >= 0.6 is 0 Å². The van der Waals surface area contributed by atoms with Crippen LogP contribution in [0.5, 0.6) is 11.6 Å². The van der Waals surface area contributed by atoms with Crippen LogP contribution in [0.2, 0.25) is 0 Å². The average Bonchev–Trinajstić information content (AvgIpc) is 2.96. The van der Waals surface area contributed by atoms with E-state index in [0.29, 0.717) is 11.7 Å². The molecule has 6 heteroatoms. The molecule has 6 nitrogen and oxygen atoms in total. The van der Waals surface area contributed by atoms with Crippen molar-refractivity contribution in [3.8, 4) is 11.6 Å². The maximum absolute atomic E-state index is 11.3. The van der Waals surface area contributed by atoms with E-state index in [0.717, 1.165) is 36.4 Å². The highest BCUT2D eigenvalue weighted by Crippen LogP contribution is 2.31.